The quantitative estimate of drug-likeness (QED) is 0.0230. The van der Waals surface area contributed by atoms with Gasteiger partial charge >= 0.3 is 24.4 Å². The van der Waals surface area contributed by atoms with E-state index >= 15 is 0 Å². The highest BCUT2D eigenvalue weighted by atomic mass is 16.6. The average Bonchev–Trinajstić information content (AvgIpc) is 1.71. The first-order chi connectivity index (χ1) is 44.3. The summed E-state index contributed by atoms with van der Waals surface area (Å²) in [5.41, 5.74) is 11.8. The molecule has 0 unspecified atom stereocenters. The number of carbonyl (C=O) groups excluding carboxylic acids is 5. The monoisotopic (exact) mass is 1380 g/mol. The van der Waals surface area contributed by atoms with Crippen molar-refractivity contribution in [3.05, 3.63) is 10.4 Å². The molecular weight excluding hydrogens is 1230 g/mol. The molecular formula is C75H146N10O12. The number of aliphatic hydroxyl groups excluding tert-OH is 3. The largest absolute Gasteiger partial charge is 0.444 e. The topological polar surface area (TPSA) is 295 Å². The van der Waals surface area contributed by atoms with Crippen molar-refractivity contribution in [2.45, 2.75) is 351 Å². The Hall–Kier alpha value is -4.34. The molecule has 5 amide bonds. The molecule has 6 saturated heterocycles. The number of rotatable bonds is 19. The van der Waals surface area contributed by atoms with E-state index in [9.17, 15) is 24.0 Å². The third-order valence-corrected chi connectivity index (χ3v) is 18.5. The van der Waals surface area contributed by atoms with Crippen LogP contribution < -0.4 is 16.4 Å². The molecule has 568 valence electrons. The molecule has 7 N–H and O–H groups in total. The first-order valence-electron chi connectivity index (χ1n) is 36.9. The van der Waals surface area contributed by atoms with Crippen molar-refractivity contribution in [2.75, 3.05) is 65.6 Å². The lowest BCUT2D eigenvalue weighted by Gasteiger charge is -2.33. The molecule has 22 nitrogen and oxygen atoms in total. The highest BCUT2D eigenvalue weighted by Crippen LogP contribution is 2.40. The van der Waals surface area contributed by atoms with Crippen molar-refractivity contribution in [2.24, 2.45) is 46.4 Å². The number of nitrogens with two attached hydrogens (primary N) is 1. The number of unbranched alkanes of at least 4 members (excludes halogenated alkanes) is 1. The molecule has 0 bridgehead atoms. The van der Waals surface area contributed by atoms with E-state index in [1.807, 2.05) is 117 Å². The fourth-order valence-electron chi connectivity index (χ4n) is 14.3. The number of amides is 5. The molecule has 0 saturated carbocycles. The second kappa shape index (κ2) is 39.8. The Balaban J connectivity index is 0.000000588. The molecule has 0 aliphatic carbocycles. The molecule has 0 aromatic carbocycles. The predicted octanol–water partition coefficient (Wildman–Crippen LogP) is 15.7. The zero-order valence-corrected chi connectivity index (χ0v) is 66.2. The summed E-state index contributed by atoms with van der Waals surface area (Å²) < 4.78 is 21.9. The number of azide groups is 1. The van der Waals surface area contributed by atoms with Gasteiger partial charge in [0.15, 0.2) is 0 Å². The normalized spacial score (nSPS) is 24.0. The first kappa shape index (κ1) is 90.7. The predicted molar refractivity (Wildman–Crippen MR) is 391 cm³/mol. The fraction of sp³-hybridized carbons (Fsp3) is 0.933. The average molecular weight is 1380 g/mol. The maximum absolute atomic E-state index is 12.2. The van der Waals surface area contributed by atoms with Crippen LogP contribution in [-0.2, 0) is 23.7 Å². The molecule has 6 aliphatic rings. The number of nitrogens with zero attached hydrogens (tertiary/aromatic N) is 7. The molecule has 6 rings (SSSR count). The summed E-state index contributed by atoms with van der Waals surface area (Å²) in [5, 5.41) is 36.1. The lowest BCUT2D eigenvalue weighted by molar-refractivity contribution is -0.123. The Bertz CT molecular complexity index is 2260. The molecule has 6 aliphatic heterocycles. The number of nitrogens with one attached hydrogen (secondary N) is 2. The van der Waals surface area contributed by atoms with Gasteiger partial charge in [0, 0.05) is 96.6 Å². The van der Waals surface area contributed by atoms with E-state index in [0.717, 1.165) is 135 Å². The zero-order chi connectivity index (χ0) is 74.8. The van der Waals surface area contributed by atoms with Gasteiger partial charge in [0.1, 0.15) is 22.4 Å². The van der Waals surface area contributed by atoms with Crippen LogP contribution in [0.25, 0.3) is 10.4 Å². The Morgan fingerprint density at radius 3 is 1.06 bits per heavy atom. The van der Waals surface area contributed by atoms with Gasteiger partial charge in [0.25, 0.3) is 0 Å². The number of ether oxygens (including phenoxy) is 4. The second-order valence-corrected chi connectivity index (χ2v) is 36.3. The van der Waals surface area contributed by atoms with E-state index in [4.69, 9.17) is 45.5 Å². The van der Waals surface area contributed by atoms with Crippen molar-refractivity contribution in [3.63, 3.8) is 0 Å². The summed E-state index contributed by atoms with van der Waals surface area (Å²) >= 11 is 0. The minimum Gasteiger partial charge on any atom is -0.444 e. The summed E-state index contributed by atoms with van der Waals surface area (Å²) in [6.07, 6.45) is 18.5. The SMILES string of the molecule is CC(C)(C)OC(=O)N1C[C@@H](CCCN)CC1(C)C.CC(C)(C)OC(=O)N1C[C@@H](CCCN=[N+]=[N-])CC1(C)C.CC(C)(C)OC(=O)N1C[C@@H](CCCO)CC1(C)C.CC1(C)C[C@H](CCCO)C(=O)N1.CC1(C)C[C@H](CCCO)CN1.CCCC[C@@H]1CN(C(=O)OC(C)(C)C)C(C)(C)C1. The fourth-order valence-corrected chi connectivity index (χ4v) is 14.3. The number of hydrogen-bond donors (Lipinski definition) is 6. The molecule has 22 heteroatoms. The van der Waals surface area contributed by atoms with Gasteiger partial charge in [-0.2, -0.15) is 0 Å². The Morgan fingerprint density at radius 2 is 0.794 bits per heavy atom. The number of carbonyl (C=O) groups is 5. The van der Waals surface area contributed by atoms with E-state index in [1.165, 1.54) is 32.1 Å². The molecule has 6 heterocycles. The minimum atomic E-state index is -0.466. The highest BCUT2D eigenvalue weighted by Gasteiger charge is 2.46. The maximum Gasteiger partial charge on any atom is 0.410 e. The third-order valence-electron chi connectivity index (χ3n) is 18.5. The summed E-state index contributed by atoms with van der Waals surface area (Å²) in [5.74, 6) is 3.16. The van der Waals surface area contributed by atoms with Crippen molar-refractivity contribution in [1.82, 2.24) is 30.2 Å². The summed E-state index contributed by atoms with van der Waals surface area (Å²) in [4.78, 5) is 70.3. The number of hydrogen-bond acceptors (Lipinski definition) is 15. The summed E-state index contributed by atoms with van der Waals surface area (Å²) in [6.45, 7) is 56.6. The van der Waals surface area contributed by atoms with Gasteiger partial charge in [-0.05, 0) is 324 Å². The van der Waals surface area contributed by atoms with Crippen LogP contribution in [0, 0.1) is 35.5 Å². The summed E-state index contributed by atoms with van der Waals surface area (Å²) in [6, 6.07) is 0. The summed E-state index contributed by atoms with van der Waals surface area (Å²) in [7, 11) is 0. The van der Waals surface area contributed by atoms with Crippen LogP contribution in [0.15, 0.2) is 5.11 Å². The molecule has 0 spiro atoms. The molecule has 0 aromatic rings. The van der Waals surface area contributed by atoms with Crippen molar-refractivity contribution in [1.29, 1.82) is 0 Å². The smallest absolute Gasteiger partial charge is 0.410 e. The molecule has 6 atom stereocenters. The van der Waals surface area contributed by atoms with E-state index in [-0.39, 0.29) is 77.1 Å². The standard InChI is InChI=1S/C15H29NO2.C14H26N4O2.C14H28N2O2.C14H27NO3.C9H17NO2.C9H19NO/c1-7-8-9-12-10-15(5,6)16(11-12)13(17)18-14(2,3)4;1-13(2,3)20-12(19)18-10-11(9-14(18,4)5)7-6-8-16-17-15;1-13(2,3)18-12(17)16-10-11(7-6-8-15)9-14(16,4)5;1-13(2,3)18-12(17)15-10-11(7-6-8-16)9-14(15,4)5;1-9(2)6-7(4-3-5-11)8(12)10-9;1-9(2)6-8(7-10-9)4-3-5-11/h12H,7-11H2,1-6H3;11H,6-10H2,1-5H3;11H,6-10,15H2,1-5H3;11,16H,6-10H2,1-5H3;7,11H,3-6H2,1-2H3,(H,10,12);8,10-11H,3-7H2,1-2H3/t12-;3*11-;7-;8-/m000000/s1. The minimum absolute atomic E-state index is 0.0444. The van der Waals surface area contributed by atoms with Gasteiger partial charge in [-0.15, -0.1) is 0 Å². The Morgan fingerprint density at radius 1 is 0.485 bits per heavy atom. The van der Waals surface area contributed by atoms with E-state index in [0.29, 0.717) is 42.4 Å². The van der Waals surface area contributed by atoms with E-state index < -0.39 is 22.4 Å². The van der Waals surface area contributed by atoms with Crippen molar-refractivity contribution < 1.29 is 58.2 Å². The molecule has 6 fully saturated rings. The lowest BCUT2D eigenvalue weighted by Crippen LogP contribution is -2.45. The highest BCUT2D eigenvalue weighted by molar-refractivity contribution is 5.82. The van der Waals surface area contributed by atoms with Crippen LogP contribution in [0.5, 0.6) is 0 Å². The van der Waals surface area contributed by atoms with Crippen LogP contribution in [0.4, 0.5) is 19.2 Å². The second-order valence-electron chi connectivity index (χ2n) is 36.3. The Kier molecular flexibility index (Phi) is 37.2. The van der Waals surface area contributed by atoms with Crippen LogP contribution in [0.3, 0.4) is 0 Å². The number of likely N-dealkylation sites (tertiary alicyclic amines) is 4. The third kappa shape index (κ3) is 36.2. The molecule has 0 radical (unpaired) electrons. The van der Waals surface area contributed by atoms with Gasteiger partial charge in [-0.3, -0.25) is 4.79 Å². The van der Waals surface area contributed by atoms with Crippen LogP contribution in [0.2, 0.25) is 0 Å². The number of aliphatic hydroxyl groups is 3. The van der Waals surface area contributed by atoms with E-state index in [2.05, 4.69) is 96.8 Å². The van der Waals surface area contributed by atoms with E-state index in [1.54, 1.807) is 0 Å². The molecule has 0 aromatic heterocycles. The zero-order valence-electron chi connectivity index (χ0n) is 66.2. The maximum atomic E-state index is 12.2. The van der Waals surface area contributed by atoms with Crippen LogP contribution >= 0.6 is 0 Å². The van der Waals surface area contributed by atoms with Gasteiger partial charge < -0.3 is 70.2 Å². The van der Waals surface area contributed by atoms with Gasteiger partial charge in [0.05, 0.1) is 0 Å². The lowest BCUT2D eigenvalue weighted by atomic mass is 9.93. The first-order valence-corrected chi connectivity index (χ1v) is 36.9. The van der Waals surface area contributed by atoms with Crippen LogP contribution in [-0.4, -0.2) is 186 Å². The van der Waals surface area contributed by atoms with Crippen LogP contribution in [0.1, 0.15) is 295 Å². The van der Waals surface area contributed by atoms with Gasteiger partial charge in [-0.25, -0.2) is 19.2 Å². The Labute approximate surface area is 589 Å². The van der Waals surface area contributed by atoms with Crippen molar-refractivity contribution in [3.8, 4) is 0 Å². The van der Waals surface area contributed by atoms with Gasteiger partial charge in [0.2, 0.25) is 5.91 Å². The van der Waals surface area contributed by atoms with Gasteiger partial charge in [-0.1, -0.05) is 24.9 Å². The van der Waals surface area contributed by atoms with Crippen molar-refractivity contribution >= 4 is 30.3 Å². The molecule has 97 heavy (non-hydrogen) atoms.